The molecule has 3 nitrogen and oxygen atoms in total. The fourth-order valence-corrected chi connectivity index (χ4v) is 11.7. The molecule has 3 aromatic heterocycles. The van der Waals surface area contributed by atoms with Crippen molar-refractivity contribution in [2.45, 2.75) is 13.3 Å². The summed E-state index contributed by atoms with van der Waals surface area (Å²) in [6.45, 7) is 2.32. The van der Waals surface area contributed by atoms with Gasteiger partial charge in [-0.3, -0.25) is 4.90 Å². The molecule has 1 aliphatic carbocycles. The van der Waals surface area contributed by atoms with Crippen molar-refractivity contribution in [3.05, 3.63) is 182 Å². The minimum absolute atomic E-state index is 0.444. The van der Waals surface area contributed by atoms with Crippen LogP contribution in [-0.4, -0.2) is 4.98 Å². The highest BCUT2D eigenvalue weighted by Gasteiger charge is 2.26. The van der Waals surface area contributed by atoms with Crippen LogP contribution >= 0.6 is 22.7 Å². The van der Waals surface area contributed by atoms with E-state index in [1.807, 2.05) is 34.9 Å². The van der Waals surface area contributed by atoms with Crippen molar-refractivity contribution in [1.82, 2.24) is 4.98 Å². The largest absolute Gasteiger partial charge is 0.312 e. The topological polar surface area (TPSA) is 19.4 Å². The zero-order chi connectivity index (χ0) is 37.6. The van der Waals surface area contributed by atoms with E-state index < -0.39 is 0 Å². The summed E-state index contributed by atoms with van der Waals surface area (Å²) in [6, 6.07) is 55.9. The molecule has 5 heteroatoms. The molecule has 1 atom stereocenters. The molecule has 11 aromatic rings. The number of benzene rings is 8. The highest BCUT2D eigenvalue weighted by atomic mass is 32.1. The third-order valence-electron chi connectivity index (χ3n) is 11.8. The van der Waals surface area contributed by atoms with Gasteiger partial charge >= 0.3 is 0 Å². The fourth-order valence-electron chi connectivity index (χ4n) is 9.27. The molecule has 0 bridgehead atoms. The number of nitrogens with zero attached hydrogens (tertiary/aromatic N) is 3. The predicted octanol–water partition coefficient (Wildman–Crippen LogP) is 15.8. The van der Waals surface area contributed by atoms with Gasteiger partial charge in [-0.25, -0.2) is 4.98 Å². The number of fused-ring (bicyclic) bond motifs is 6. The number of hydrogen-bond acceptors (Lipinski definition) is 5. The van der Waals surface area contributed by atoms with Crippen LogP contribution in [0.15, 0.2) is 182 Å². The molecule has 0 radical (unpaired) electrons. The lowest BCUT2D eigenvalue weighted by Crippen LogP contribution is -2.19. The molecule has 0 spiro atoms. The summed E-state index contributed by atoms with van der Waals surface area (Å²) in [5.74, 6) is 1.34. The molecule has 0 N–H and O–H groups in total. The summed E-state index contributed by atoms with van der Waals surface area (Å²) in [6.07, 6.45) is 9.75. The van der Waals surface area contributed by atoms with Gasteiger partial charge in [-0.1, -0.05) is 122 Å². The van der Waals surface area contributed by atoms with Gasteiger partial charge in [0.15, 0.2) is 0 Å². The Kier molecular flexibility index (Phi) is 7.31. The average molecular weight is 766 g/mol. The van der Waals surface area contributed by atoms with Crippen LogP contribution < -0.4 is 9.80 Å². The van der Waals surface area contributed by atoms with E-state index in [2.05, 4.69) is 181 Å². The first-order chi connectivity index (χ1) is 28.2. The Morgan fingerprint density at radius 1 is 0.491 bits per heavy atom. The first-order valence-corrected chi connectivity index (χ1v) is 21.2. The number of aromatic nitrogens is 1. The molecular weight excluding hydrogens is 731 g/mol. The van der Waals surface area contributed by atoms with Gasteiger partial charge in [0.2, 0.25) is 0 Å². The van der Waals surface area contributed by atoms with Crippen LogP contribution in [0.25, 0.3) is 72.7 Å². The van der Waals surface area contributed by atoms with E-state index in [9.17, 15) is 0 Å². The summed E-state index contributed by atoms with van der Waals surface area (Å²) >= 11 is 3.75. The van der Waals surface area contributed by atoms with Gasteiger partial charge in [0, 0.05) is 53.6 Å². The number of anilines is 5. The minimum Gasteiger partial charge on any atom is -0.312 e. The average Bonchev–Trinajstić information content (AvgIpc) is 3.84. The number of allylic oxidation sites excluding steroid dienone is 4. The molecular formula is C52H35N3S2. The Balaban J connectivity index is 1.13. The van der Waals surface area contributed by atoms with Gasteiger partial charge in [0.05, 0.1) is 32.1 Å². The third-order valence-corrected chi connectivity index (χ3v) is 14.2. The Hall–Kier alpha value is -6.53. The number of hydrogen-bond donors (Lipinski definition) is 0. The van der Waals surface area contributed by atoms with Gasteiger partial charge in [0.25, 0.3) is 0 Å². The zero-order valence-electron chi connectivity index (χ0n) is 31.2. The second kappa shape index (κ2) is 12.8. The second-order valence-electron chi connectivity index (χ2n) is 15.2. The molecule has 0 saturated carbocycles. The third kappa shape index (κ3) is 4.99. The molecule has 1 aliphatic rings. The summed E-state index contributed by atoms with van der Waals surface area (Å²) in [5, 5.41) is 12.7. The van der Waals surface area contributed by atoms with E-state index in [0.29, 0.717) is 5.92 Å². The number of rotatable bonds is 6. The van der Waals surface area contributed by atoms with Crippen LogP contribution in [-0.2, 0) is 0 Å². The van der Waals surface area contributed by atoms with Crippen molar-refractivity contribution in [3.8, 4) is 0 Å². The van der Waals surface area contributed by atoms with Gasteiger partial charge in [-0.2, -0.15) is 0 Å². The van der Waals surface area contributed by atoms with Crippen molar-refractivity contribution < 1.29 is 0 Å². The van der Waals surface area contributed by atoms with Crippen LogP contribution in [0, 0.1) is 5.92 Å². The van der Waals surface area contributed by atoms with Gasteiger partial charge in [0.1, 0.15) is 5.82 Å². The van der Waals surface area contributed by atoms with Crippen molar-refractivity contribution in [2.75, 3.05) is 9.80 Å². The molecule has 57 heavy (non-hydrogen) atoms. The van der Waals surface area contributed by atoms with Crippen molar-refractivity contribution in [2.24, 2.45) is 5.92 Å². The highest BCUT2D eigenvalue weighted by molar-refractivity contribution is 7.26. The van der Waals surface area contributed by atoms with Crippen LogP contribution in [0.1, 0.15) is 13.3 Å². The molecule has 270 valence electrons. The Morgan fingerprint density at radius 2 is 1.04 bits per heavy atom. The van der Waals surface area contributed by atoms with Crippen molar-refractivity contribution >= 4 is 124 Å². The standard InChI is InChI=1S/C52H35N3S2/c1-32-11-8-12-35(31-32)54(44-17-9-15-38-36-13-2-4-19-46(36)56-51(38)44)42-28-24-33-23-27-41-43(29-25-34-22-26-40(42)49(33)50(34)41)55(48-21-6-7-30-53-48)45-18-10-16-39-37-14-3-5-20-47(37)57-52(39)45/h2-30,32H,31H2,1H3. The van der Waals surface area contributed by atoms with E-state index in [0.717, 1.165) is 23.6 Å². The quantitative estimate of drug-likeness (QED) is 0.157. The summed E-state index contributed by atoms with van der Waals surface area (Å²) in [4.78, 5) is 9.92. The lowest BCUT2D eigenvalue weighted by Gasteiger charge is -2.32. The fraction of sp³-hybridized carbons (Fsp3) is 0.0577. The maximum atomic E-state index is 4.98. The molecule has 0 saturated heterocycles. The van der Waals surface area contributed by atoms with Crippen LogP contribution in [0.3, 0.4) is 0 Å². The van der Waals surface area contributed by atoms with Crippen molar-refractivity contribution in [3.63, 3.8) is 0 Å². The summed E-state index contributed by atoms with van der Waals surface area (Å²) < 4.78 is 5.18. The van der Waals surface area contributed by atoms with E-state index in [-0.39, 0.29) is 0 Å². The lowest BCUT2D eigenvalue weighted by molar-refractivity contribution is 0.697. The highest BCUT2D eigenvalue weighted by Crippen LogP contribution is 2.51. The molecule has 1 unspecified atom stereocenters. The zero-order valence-corrected chi connectivity index (χ0v) is 32.8. The van der Waals surface area contributed by atoms with Gasteiger partial charge < -0.3 is 4.90 Å². The maximum Gasteiger partial charge on any atom is 0.137 e. The van der Waals surface area contributed by atoms with E-state index in [1.54, 1.807) is 0 Å². The molecule has 8 aromatic carbocycles. The molecule has 3 heterocycles. The predicted molar refractivity (Wildman–Crippen MR) is 248 cm³/mol. The van der Waals surface area contributed by atoms with E-state index >= 15 is 0 Å². The van der Waals surface area contributed by atoms with Crippen LogP contribution in [0.4, 0.5) is 28.6 Å². The van der Waals surface area contributed by atoms with Gasteiger partial charge in [-0.05, 0) is 88.5 Å². The molecule has 12 rings (SSSR count). The first kappa shape index (κ1) is 32.7. The second-order valence-corrected chi connectivity index (χ2v) is 17.3. The molecule has 0 amide bonds. The number of thiophene rings is 2. The Bertz CT molecular complexity index is 3430. The SMILES string of the molecule is CC1C=CC=C(N(c2ccc3ccc4c(N(c5ccccn5)c5cccc6c5sc5ccccc56)ccc5ccc2c3c54)c2cccc3c2sc2ccccc23)C1. The maximum absolute atomic E-state index is 4.98. The normalized spacial score (nSPS) is 14.5. The number of pyridine rings is 1. The van der Waals surface area contributed by atoms with Gasteiger partial charge in [-0.15, -0.1) is 22.7 Å². The minimum atomic E-state index is 0.444. The molecule has 0 fully saturated rings. The Morgan fingerprint density at radius 3 is 1.63 bits per heavy atom. The van der Waals surface area contributed by atoms with E-state index in [4.69, 9.17) is 4.98 Å². The molecule has 0 aliphatic heterocycles. The van der Waals surface area contributed by atoms with Crippen LogP contribution in [0.5, 0.6) is 0 Å². The summed E-state index contributed by atoms with van der Waals surface area (Å²) in [5.41, 5.74) is 6.00. The van der Waals surface area contributed by atoms with E-state index in [1.165, 1.54) is 89.7 Å². The Labute approximate surface area is 338 Å². The first-order valence-electron chi connectivity index (χ1n) is 19.6. The monoisotopic (exact) mass is 765 g/mol. The lowest BCUT2D eigenvalue weighted by atomic mass is 9.91. The summed E-state index contributed by atoms with van der Waals surface area (Å²) in [7, 11) is 0. The van der Waals surface area contributed by atoms with Crippen LogP contribution in [0.2, 0.25) is 0 Å². The van der Waals surface area contributed by atoms with Crippen molar-refractivity contribution in [1.29, 1.82) is 0 Å². The smallest absolute Gasteiger partial charge is 0.137 e.